The van der Waals surface area contributed by atoms with Crippen molar-refractivity contribution >= 4 is 120 Å². The minimum absolute atomic E-state index is 0. The second-order valence-electron chi connectivity index (χ2n) is 10.1. The van der Waals surface area contributed by atoms with Gasteiger partial charge >= 0.3 is 221 Å². The molecular weight excluding hydrogens is 1460 g/mol. The van der Waals surface area contributed by atoms with Gasteiger partial charge in [0.25, 0.3) is 6.47 Å². The van der Waals surface area contributed by atoms with Gasteiger partial charge in [-0.15, -0.1) is 22.6 Å². The molecule has 0 spiro atoms. The van der Waals surface area contributed by atoms with Gasteiger partial charge in [-0.25, -0.2) is 0 Å². The van der Waals surface area contributed by atoms with Crippen molar-refractivity contribution in [3.05, 3.63) is 36.5 Å². The summed E-state index contributed by atoms with van der Waals surface area (Å²) < 4.78 is 4.54. The maximum Gasteiger partial charge on any atom is 2.00 e. The molecular formula is C64H176B3Br3K3MgNaO16+. The van der Waals surface area contributed by atoms with E-state index in [-0.39, 0.29) is 262 Å². The van der Waals surface area contributed by atoms with Gasteiger partial charge in [0.15, 0.2) is 0 Å². The summed E-state index contributed by atoms with van der Waals surface area (Å²) in [6, 6.07) is 0. The summed E-state index contributed by atoms with van der Waals surface area (Å²) in [5.74, 6) is 0. The second-order valence-corrected chi connectivity index (χ2v) is 12.4. The van der Waals surface area contributed by atoms with Crippen LogP contribution in [0.25, 0.3) is 0 Å². The number of hydrogen-bond donors (Lipinski definition) is 6. The number of carbonyl (C=O) groups is 4. The Morgan fingerprint density at radius 1 is 0.495 bits per heavy atom. The zero-order valence-electron chi connectivity index (χ0n) is 75.3. The summed E-state index contributed by atoms with van der Waals surface area (Å²) in [5.41, 5.74) is -0.750. The van der Waals surface area contributed by atoms with E-state index < -0.39 is 19.8 Å². The fraction of sp³-hybridized carbons (Fsp3) is 0.844. The van der Waals surface area contributed by atoms with Crippen molar-refractivity contribution in [2.45, 2.75) is 328 Å². The maximum atomic E-state index is 10.1. The third-order valence-corrected chi connectivity index (χ3v) is 2.23. The van der Waals surface area contributed by atoms with Crippen LogP contribution < -0.4 is 194 Å². The van der Waals surface area contributed by atoms with Gasteiger partial charge in [-0.1, -0.05) is 295 Å². The third kappa shape index (κ3) is 4540. The van der Waals surface area contributed by atoms with Gasteiger partial charge in [0.2, 0.25) is 0 Å². The Bertz CT molecular complexity index is 609. The summed E-state index contributed by atoms with van der Waals surface area (Å²) in [7, 11) is 0.347. The number of unbranched alkanes of at least 4 members (excludes halogenated alkanes) is 2. The molecule has 0 rings (SSSR count). The van der Waals surface area contributed by atoms with Crippen LogP contribution in [0.4, 0.5) is 0 Å². The molecule has 27 heteroatoms. The number of aliphatic hydroxyl groups excluding tert-OH is 2. The molecule has 0 aromatic rings. The van der Waals surface area contributed by atoms with E-state index in [4.69, 9.17) is 49.9 Å². The first kappa shape index (κ1) is 240. The summed E-state index contributed by atoms with van der Waals surface area (Å²) in [6.45, 7) is 81.5. The molecule has 0 aromatic heterocycles. The minimum Gasteiger partial charge on any atom is -1.00 e. The maximum absolute atomic E-state index is 10.1. The molecule has 0 fully saturated rings. The zero-order chi connectivity index (χ0) is 74.5. The largest absolute Gasteiger partial charge is 2.00 e. The topological polar surface area (TPSA) is 319 Å². The van der Waals surface area contributed by atoms with Gasteiger partial charge < -0.3 is 81.3 Å². The van der Waals surface area contributed by atoms with Gasteiger partial charge in [-0.05, 0) is 89.3 Å². The Kier molecular flexibility index (Phi) is 1520. The molecule has 0 aliphatic carbocycles. The standard InChI is InChI=1S/C4H9O.C4H8O.C4H10.3C4H8.C3H8O.C3H8.2C2H5Br.C2H6O.2C2H4O.10C2H6.2CH5BO2.CH2O3.CH4O.B.BrH.3K.Mg.Na.2H2O.4H/c1-4(2,3)5;1-2-3-4-5;5*1-3-4-2;1-3-2;5*1-2-3;10*1-2;2*1-2(3)4;2-1-4-3;1-2;;;;;;;;;;;;;/h1-3H3;4H,2-3H2,1H3;3-4H2,1-2H3;3*3-4H,1-2H3;3H2,1-2H3;3H2,1-2H3;2*2H2,1H3;3H,2H2,1H3;2*2H,1H3;10*1-2H3;2*3-4H,1H3;1,3H;2H,1H3;;1H;;;;;;2*1H2;;;;/q-1;;;;;;;;;;;;;;;;;;;;;;;;;;;;;3*+1;+2;+1;;;4*-1. The third-order valence-electron chi connectivity index (χ3n) is 2.23. The molecule has 0 unspecified atom stereocenters. The normalized spacial score (nSPS) is 5.60. The summed E-state index contributed by atoms with van der Waals surface area (Å²) >= 11 is 6.29. The van der Waals surface area contributed by atoms with Gasteiger partial charge in [-0.2, -0.15) is 0 Å². The van der Waals surface area contributed by atoms with Crippen LogP contribution in [0.3, 0.4) is 0 Å². The number of halogens is 3. The molecule has 0 saturated carbocycles. The van der Waals surface area contributed by atoms with Crippen molar-refractivity contribution in [2.75, 3.05) is 38.1 Å². The van der Waals surface area contributed by atoms with Gasteiger partial charge in [-0.3, -0.25) is 4.79 Å². The molecule has 91 heavy (non-hydrogen) atoms. The van der Waals surface area contributed by atoms with E-state index in [1.165, 1.54) is 46.8 Å². The fourth-order valence-corrected chi connectivity index (χ4v) is 0.118. The number of methoxy groups -OCH3 is 1. The molecule has 563 valence electrons. The van der Waals surface area contributed by atoms with Crippen LogP contribution >= 0.6 is 48.8 Å². The Morgan fingerprint density at radius 3 is 0.571 bits per heavy atom. The number of carbonyl (C=O) groups excluding carboxylic acids is 4. The van der Waals surface area contributed by atoms with Crippen LogP contribution in [-0.2, 0) is 34.3 Å². The summed E-state index contributed by atoms with van der Waals surface area (Å²) in [5, 5.41) is 65.7. The van der Waals surface area contributed by atoms with E-state index in [2.05, 4.69) is 69.2 Å². The van der Waals surface area contributed by atoms with E-state index in [1.54, 1.807) is 34.8 Å². The molecule has 0 heterocycles. The Morgan fingerprint density at radius 2 is 0.571 bits per heavy atom. The molecule has 0 aromatic carbocycles. The minimum atomic E-state index is -1.17. The predicted molar refractivity (Wildman–Crippen MR) is 427 cm³/mol. The molecule has 0 atom stereocenters. The molecule has 0 amide bonds. The van der Waals surface area contributed by atoms with Crippen molar-refractivity contribution in [1.29, 1.82) is 0 Å². The van der Waals surface area contributed by atoms with Crippen LogP contribution in [-0.4, -0.2) is 151 Å². The fourth-order valence-electron chi connectivity index (χ4n) is 0.118. The van der Waals surface area contributed by atoms with E-state index in [0.717, 1.165) is 49.7 Å². The van der Waals surface area contributed by atoms with E-state index in [0.29, 0.717) is 6.42 Å². The molecule has 16 nitrogen and oxygen atoms in total. The van der Waals surface area contributed by atoms with Crippen LogP contribution in [0.2, 0.25) is 13.6 Å². The van der Waals surface area contributed by atoms with Crippen LogP contribution in [0.5, 0.6) is 0 Å². The predicted octanol–water partition coefficient (Wildman–Crippen LogP) is 5.98. The Hall–Kier alpha value is 5.57. The quantitative estimate of drug-likeness (QED) is 0.0351. The number of alkyl halides is 2. The summed E-state index contributed by atoms with van der Waals surface area (Å²) in [6.07, 6.45) is 20.0. The van der Waals surface area contributed by atoms with Gasteiger partial charge in [0.1, 0.15) is 18.9 Å². The van der Waals surface area contributed by atoms with E-state index >= 15 is 0 Å². The van der Waals surface area contributed by atoms with E-state index in [9.17, 15) is 9.90 Å². The SMILES string of the molecule is Br.CB(O)O.CB(O)O.CC.CC.CC.CC.CC.CC.CC.CC.CC.CC.CC(C)(C)[O-].CC=CC.CC=CC.CC=CC.CC=O.CC=O.CCBr.CCBr.CCC.CCCC.CCCC=O.CCO.CCOC.CO.O.O=CO[O-].[B].[H-].[H-].[H-].[H-].[K+].[K+].[K+].[Mg+2].[Na+].[OH3+]. The zero-order valence-corrected chi connectivity index (χ0v) is 88.9. The number of allylic oxidation sites excluding steroid dienone is 6. The number of aldehydes is 3. The van der Waals surface area contributed by atoms with Crippen molar-refractivity contribution in [2.24, 2.45) is 0 Å². The molecule has 0 aliphatic heterocycles. The van der Waals surface area contributed by atoms with Crippen molar-refractivity contribution in [1.82, 2.24) is 0 Å². The molecule has 0 bridgehead atoms. The first-order chi connectivity index (χ1) is 38.8. The molecule has 11 N–H and O–H groups in total. The van der Waals surface area contributed by atoms with Crippen molar-refractivity contribution in [3.8, 4) is 0 Å². The van der Waals surface area contributed by atoms with Crippen LogP contribution in [0, 0.1) is 0 Å². The van der Waals surface area contributed by atoms with Crippen molar-refractivity contribution < 1.29 is 270 Å². The number of rotatable bonds is 5. The summed E-state index contributed by atoms with van der Waals surface area (Å²) in [4.78, 5) is 38.3. The smallest absolute Gasteiger partial charge is 1.00 e. The molecule has 3 radical (unpaired) electrons. The number of aliphatic hydroxyl groups is 2. The van der Waals surface area contributed by atoms with Crippen LogP contribution in [0.15, 0.2) is 36.5 Å². The molecule has 0 aliphatic rings. The monoisotopic (exact) mass is 1630 g/mol. The number of hydrogen-bond acceptors (Lipinski definition) is 14. The van der Waals surface area contributed by atoms with Crippen molar-refractivity contribution in [3.63, 3.8) is 0 Å². The van der Waals surface area contributed by atoms with Crippen LogP contribution in [0.1, 0.15) is 315 Å². The first-order valence-corrected chi connectivity index (χ1v) is 32.9. The second kappa shape index (κ2) is 575. The van der Waals surface area contributed by atoms with Gasteiger partial charge in [0, 0.05) is 52.9 Å². The Balaban J connectivity index is -0.00000000870. The van der Waals surface area contributed by atoms with Gasteiger partial charge in [0.05, 0.1) is 0 Å². The Labute approximate surface area is 780 Å². The molecule has 0 saturated heterocycles. The average Bonchev–Trinajstić information content (AvgIpc) is 3.50. The van der Waals surface area contributed by atoms with E-state index in [1.807, 2.05) is 244 Å². The average molecular weight is 1640 g/mol. The number of ether oxygens (including phenoxy) is 1. The first-order valence-electron chi connectivity index (χ1n) is 30.6.